The first-order valence-corrected chi connectivity index (χ1v) is 5.80. The van der Waals surface area contributed by atoms with Crippen molar-refractivity contribution in [2.45, 2.75) is 46.8 Å². The number of hydrogen-bond donors (Lipinski definition) is 0. The SMILES string of the molecule is CC(=O)P(=O)(OC(C)C)OC(C)C. The van der Waals surface area contributed by atoms with E-state index in [9.17, 15) is 9.36 Å². The molecule has 0 aliphatic rings. The van der Waals surface area contributed by atoms with E-state index in [4.69, 9.17) is 9.05 Å². The van der Waals surface area contributed by atoms with Gasteiger partial charge in [-0.3, -0.25) is 9.36 Å². The molecule has 0 fully saturated rings. The Balaban J connectivity index is 4.54. The zero-order chi connectivity index (χ0) is 10.6. The first-order chi connectivity index (χ1) is 5.78. The summed E-state index contributed by atoms with van der Waals surface area (Å²) >= 11 is 0. The Kier molecular flexibility index (Phi) is 4.82. The largest absolute Gasteiger partial charge is 0.396 e. The molecule has 78 valence electrons. The lowest BCUT2D eigenvalue weighted by atomic mass is 10.5. The van der Waals surface area contributed by atoms with Gasteiger partial charge in [-0.1, -0.05) is 0 Å². The van der Waals surface area contributed by atoms with Crippen molar-refractivity contribution in [1.82, 2.24) is 0 Å². The summed E-state index contributed by atoms with van der Waals surface area (Å²) < 4.78 is 21.7. The molecule has 0 aliphatic heterocycles. The second-order valence-corrected chi connectivity index (χ2v) is 5.37. The second kappa shape index (κ2) is 4.89. The second-order valence-electron chi connectivity index (χ2n) is 3.32. The zero-order valence-electron chi connectivity index (χ0n) is 8.73. The van der Waals surface area contributed by atoms with E-state index in [1.54, 1.807) is 27.7 Å². The summed E-state index contributed by atoms with van der Waals surface area (Å²) in [4.78, 5) is 11.0. The van der Waals surface area contributed by atoms with Crippen molar-refractivity contribution in [3.8, 4) is 0 Å². The molecule has 5 heteroatoms. The predicted octanol–water partition coefficient (Wildman–Crippen LogP) is 2.58. The third-order valence-electron chi connectivity index (χ3n) is 1.08. The van der Waals surface area contributed by atoms with Crippen LogP contribution in [0.3, 0.4) is 0 Å². The highest BCUT2D eigenvalue weighted by molar-refractivity contribution is 7.71. The molecule has 0 rings (SSSR count). The fourth-order valence-corrected chi connectivity index (χ4v) is 2.19. The summed E-state index contributed by atoms with van der Waals surface area (Å²) in [5.41, 5.74) is -0.546. The summed E-state index contributed by atoms with van der Waals surface area (Å²) in [6, 6.07) is 0. The molecule has 0 N–H and O–H groups in total. The van der Waals surface area contributed by atoms with Crippen LogP contribution in [0, 0.1) is 0 Å². The minimum atomic E-state index is -3.54. The fraction of sp³-hybridized carbons (Fsp3) is 0.875. The molecule has 0 aromatic rings. The molecule has 0 heterocycles. The first kappa shape index (κ1) is 12.8. The van der Waals surface area contributed by atoms with Crippen molar-refractivity contribution in [1.29, 1.82) is 0 Å². The number of carbonyl (C=O) groups is 1. The maximum absolute atomic E-state index is 11.7. The normalized spacial score (nSPS) is 12.5. The Labute approximate surface area is 79.1 Å². The summed E-state index contributed by atoms with van der Waals surface area (Å²) in [7, 11) is -3.54. The van der Waals surface area contributed by atoms with Gasteiger partial charge in [0.25, 0.3) is 0 Å². The predicted molar refractivity (Wildman–Crippen MR) is 50.7 cm³/mol. The fourth-order valence-electron chi connectivity index (χ4n) is 0.728. The monoisotopic (exact) mass is 208 g/mol. The third-order valence-corrected chi connectivity index (χ3v) is 3.25. The molecule has 0 aliphatic carbocycles. The molecule has 0 atom stereocenters. The van der Waals surface area contributed by atoms with Crippen LogP contribution in [0.1, 0.15) is 34.6 Å². The zero-order valence-corrected chi connectivity index (χ0v) is 9.63. The van der Waals surface area contributed by atoms with Crippen LogP contribution in [0.4, 0.5) is 0 Å². The highest BCUT2D eigenvalue weighted by atomic mass is 31.2. The van der Waals surface area contributed by atoms with E-state index in [2.05, 4.69) is 0 Å². The molecule has 4 nitrogen and oxygen atoms in total. The molecule has 0 aromatic heterocycles. The van der Waals surface area contributed by atoms with Crippen LogP contribution in [-0.4, -0.2) is 17.7 Å². The van der Waals surface area contributed by atoms with Crippen molar-refractivity contribution in [2.75, 3.05) is 0 Å². The van der Waals surface area contributed by atoms with Gasteiger partial charge in [0.15, 0.2) is 0 Å². The van der Waals surface area contributed by atoms with Gasteiger partial charge in [-0.2, -0.15) is 0 Å². The topological polar surface area (TPSA) is 52.6 Å². The van der Waals surface area contributed by atoms with Gasteiger partial charge in [-0.15, -0.1) is 0 Å². The van der Waals surface area contributed by atoms with E-state index in [0.29, 0.717) is 0 Å². The smallest absolute Gasteiger partial charge is 0.300 e. The Hall–Kier alpha value is -0.180. The van der Waals surface area contributed by atoms with E-state index in [1.807, 2.05) is 0 Å². The van der Waals surface area contributed by atoms with Gasteiger partial charge in [-0.05, 0) is 27.7 Å². The Morgan fingerprint density at radius 3 is 1.54 bits per heavy atom. The van der Waals surface area contributed by atoms with Crippen molar-refractivity contribution in [3.05, 3.63) is 0 Å². The van der Waals surface area contributed by atoms with Crippen LogP contribution < -0.4 is 0 Å². The van der Waals surface area contributed by atoms with E-state index >= 15 is 0 Å². The number of carbonyl (C=O) groups excluding carboxylic acids is 1. The van der Waals surface area contributed by atoms with Gasteiger partial charge in [-0.25, -0.2) is 0 Å². The maximum atomic E-state index is 11.7. The minimum absolute atomic E-state index is 0.284. The molecule has 0 amide bonds. The summed E-state index contributed by atoms with van der Waals surface area (Å²) in [5, 5.41) is 0. The van der Waals surface area contributed by atoms with Gasteiger partial charge < -0.3 is 9.05 Å². The van der Waals surface area contributed by atoms with Crippen LogP contribution in [0.5, 0.6) is 0 Å². The molecule has 0 spiro atoms. The van der Waals surface area contributed by atoms with Crippen LogP contribution >= 0.6 is 7.60 Å². The van der Waals surface area contributed by atoms with Crippen molar-refractivity contribution in [2.24, 2.45) is 0 Å². The average Bonchev–Trinajstić information content (AvgIpc) is 1.82. The van der Waals surface area contributed by atoms with Gasteiger partial charge in [0.05, 0.1) is 12.2 Å². The lowest BCUT2D eigenvalue weighted by Gasteiger charge is -2.19. The van der Waals surface area contributed by atoms with Crippen molar-refractivity contribution < 1.29 is 18.4 Å². The summed E-state index contributed by atoms with van der Waals surface area (Å²) in [6.07, 6.45) is -0.568. The van der Waals surface area contributed by atoms with Gasteiger partial charge >= 0.3 is 7.60 Å². The lowest BCUT2D eigenvalue weighted by Crippen LogP contribution is -2.12. The van der Waals surface area contributed by atoms with Crippen LogP contribution in [0.25, 0.3) is 0 Å². The summed E-state index contributed by atoms with van der Waals surface area (Å²) in [5.74, 6) is 0. The maximum Gasteiger partial charge on any atom is 0.396 e. The van der Waals surface area contributed by atoms with E-state index in [-0.39, 0.29) is 12.2 Å². The minimum Gasteiger partial charge on any atom is -0.300 e. The van der Waals surface area contributed by atoms with E-state index in [0.717, 1.165) is 0 Å². The Bertz CT molecular complexity index is 208. The highest BCUT2D eigenvalue weighted by Gasteiger charge is 2.33. The standard InChI is InChI=1S/C8H17O4P/c1-6(2)11-13(10,8(5)9)12-7(3)4/h6-7H,1-5H3. The Morgan fingerprint density at radius 1 is 1.08 bits per heavy atom. The van der Waals surface area contributed by atoms with Crippen LogP contribution in [-0.2, 0) is 18.4 Å². The lowest BCUT2D eigenvalue weighted by molar-refractivity contribution is -0.112. The molecule has 0 unspecified atom stereocenters. The molecule has 0 radical (unpaired) electrons. The van der Waals surface area contributed by atoms with E-state index < -0.39 is 13.1 Å². The van der Waals surface area contributed by atoms with Gasteiger partial charge in [0.1, 0.15) is 0 Å². The van der Waals surface area contributed by atoms with Crippen molar-refractivity contribution >= 4 is 13.1 Å². The molecular formula is C8H17O4P. The molecule has 0 saturated heterocycles. The number of rotatable bonds is 5. The molecular weight excluding hydrogens is 191 g/mol. The number of hydrogen-bond acceptors (Lipinski definition) is 4. The van der Waals surface area contributed by atoms with Gasteiger partial charge in [0, 0.05) is 6.92 Å². The summed E-state index contributed by atoms with van der Waals surface area (Å²) in [6.45, 7) is 8.04. The molecule has 0 bridgehead atoms. The molecule has 0 saturated carbocycles. The quantitative estimate of drug-likeness (QED) is 0.651. The van der Waals surface area contributed by atoms with Gasteiger partial charge in [0.2, 0.25) is 5.52 Å². The van der Waals surface area contributed by atoms with Crippen molar-refractivity contribution in [3.63, 3.8) is 0 Å². The molecule has 13 heavy (non-hydrogen) atoms. The van der Waals surface area contributed by atoms with Crippen LogP contribution in [0.2, 0.25) is 0 Å². The highest BCUT2D eigenvalue weighted by Crippen LogP contribution is 2.50. The Morgan fingerprint density at radius 2 is 1.38 bits per heavy atom. The first-order valence-electron chi connectivity index (χ1n) is 4.26. The van der Waals surface area contributed by atoms with E-state index in [1.165, 1.54) is 6.92 Å². The van der Waals surface area contributed by atoms with Crippen LogP contribution in [0.15, 0.2) is 0 Å². The third kappa shape index (κ3) is 4.55. The molecule has 0 aromatic carbocycles. The average molecular weight is 208 g/mol.